The fourth-order valence-corrected chi connectivity index (χ4v) is 4.09. The predicted octanol–water partition coefficient (Wildman–Crippen LogP) is 6.47. The lowest BCUT2D eigenvalue weighted by molar-refractivity contribution is 0.0699. The zero-order valence-corrected chi connectivity index (χ0v) is 17.8. The number of hydrogen-bond acceptors (Lipinski definition) is 3. The maximum absolute atomic E-state index is 12.8. The van der Waals surface area contributed by atoms with E-state index in [4.69, 9.17) is 23.2 Å². The molecule has 5 nitrogen and oxygen atoms in total. The van der Waals surface area contributed by atoms with Gasteiger partial charge in [-0.3, -0.25) is 5.32 Å². The van der Waals surface area contributed by atoms with Crippen LogP contribution in [0, 0.1) is 0 Å². The number of hydrogen-bond donors (Lipinski definition) is 2. The van der Waals surface area contributed by atoms with Crippen molar-refractivity contribution in [3.05, 3.63) is 75.1 Å². The van der Waals surface area contributed by atoms with E-state index in [2.05, 4.69) is 5.32 Å². The molecule has 0 spiro atoms. The molecule has 0 radical (unpaired) electrons. The molecule has 2 aromatic carbocycles. The Bertz CT molecular complexity index is 1040. The first kappa shape index (κ1) is 21.2. The summed E-state index contributed by atoms with van der Waals surface area (Å²) in [5.74, 6) is -1.13. The molecule has 29 heavy (non-hydrogen) atoms. The second-order valence-electron chi connectivity index (χ2n) is 6.22. The molecule has 3 rings (SSSR count). The monoisotopic (exact) mass is 448 g/mol. The van der Waals surface area contributed by atoms with E-state index < -0.39 is 5.97 Å². The Hall–Kier alpha value is -2.54. The third-order valence-corrected chi connectivity index (χ3v) is 5.98. The summed E-state index contributed by atoms with van der Waals surface area (Å²) < 4.78 is 0. The van der Waals surface area contributed by atoms with Crippen LogP contribution in [0.15, 0.2) is 53.9 Å². The molecular formula is C21H18Cl2N2O3S. The zero-order valence-electron chi connectivity index (χ0n) is 15.5. The van der Waals surface area contributed by atoms with Crippen molar-refractivity contribution in [3.8, 4) is 11.1 Å². The number of carbonyl (C=O) groups is 2. The first-order chi connectivity index (χ1) is 13.9. The van der Waals surface area contributed by atoms with Crippen molar-refractivity contribution >= 4 is 51.5 Å². The van der Waals surface area contributed by atoms with Gasteiger partial charge >= 0.3 is 12.0 Å². The number of rotatable bonds is 6. The van der Waals surface area contributed by atoms with Crippen LogP contribution < -0.4 is 5.32 Å². The van der Waals surface area contributed by atoms with E-state index in [0.717, 1.165) is 16.9 Å². The Morgan fingerprint density at radius 1 is 1.10 bits per heavy atom. The Labute approximate surface area is 182 Å². The molecule has 0 saturated heterocycles. The van der Waals surface area contributed by atoms with Crippen LogP contribution in [-0.4, -0.2) is 28.6 Å². The number of anilines is 1. The minimum absolute atomic E-state index is 0.0255. The lowest BCUT2D eigenvalue weighted by Gasteiger charge is -2.21. The van der Waals surface area contributed by atoms with Crippen LogP contribution in [0.5, 0.6) is 0 Å². The van der Waals surface area contributed by atoms with Gasteiger partial charge in [0.15, 0.2) is 0 Å². The number of aromatic carboxylic acids is 1. The van der Waals surface area contributed by atoms with Crippen molar-refractivity contribution in [2.45, 2.75) is 13.5 Å². The van der Waals surface area contributed by atoms with Crippen LogP contribution in [0.25, 0.3) is 11.1 Å². The normalized spacial score (nSPS) is 10.6. The van der Waals surface area contributed by atoms with Crippen molar-refractivity contribution in [2.75, 3.05) is 11.9 Å². The van der Waals surface area contributed by atoms with Gasteiger partial charge in [-0.25, -0.2) is 9.59 Å². The van der Waals surface area contributed by atoms with Gasteiger partial charge in [0.05, 0.1) is 10.0 Å². The highest BCUT2D eigenvalue weighted by molar-refractivity contribution is 7.15. The van der Waals surface area contributed by atoms with Crippen molar-refractivity contribution in [1.29, 1.82) is 0 Å². The van der Waals surface area contributed by atoms with Crippen LogP contribution in [-0.2, 0) is 6.54 Å². The largest absolute Gasteiger partial charge is 0.478 e. The van der Waals surface area contributed by atoms with E-state index >= 15 is 0 Å². The summed E-state index contributed by atoms with van der Waals surface area (Å²) in [6, 6.07) is 14.2. The van der Waals surface area contributed by atoms with Crippen LogP contribution in [0.3, 0.4) is 0 Å². The second-order valence-corrected chi connectivity index (χ2v) is 7.91. The zero-order chi connectivity index (χ0) is 21.0. The van der Waals surface area contributed by atoms with Crippen LogP contribution >= 0.6 is 34.5 Å². The topological polar surface area (TPSA) is 69.6 Å². The minimum atomic E-state index is -1.13. The molecule has 0 fully saturated rings. The second kappa shape index (κ2) is 9.31. The highest BCUT2D eigenvalue weighted by Crippen LogP contribution is 2.38. The predicted molar refractivity (Wildman–Crippen MR) is 118 cm³/mol. The number of thiophene rings is 1. The molecule has 2 N–H and O–H groups in total. The molecule has 1 aromatic heterocycles. The summed E-state index contributed by atoms with van der Waals surface area (Å²) in [5.41, 5.74) is 2.11. The molecule has 2 amide bonds. The molecule has 3 aromatic rings. The van der Waals surface area contributed by atoms with Gasteiger partial charge in [0.2, 0.25) is 0 Å². The molecule has 0 saturated carbocycles. The fourth-order valence-electron chi connectivity index (χ4n) is 2.85. The van der Waals surface area contributed by atoms with E-state index in [1.807, 2.05) is 37.3 Å². The molecule has 1 heterocycles. The Kier molecular flexibility index (Phi) is 6.79. The molecule has 8 heteroatoms. The Morgan fingerprint density at radius 2 is 1.83 bits per heavy atom. The van der Waals surface area contributed by atoms with Gasteiger partial charge in [-0.2, -0.15) is 0 Å². The third kappa shape index (κ3) is 4.90. The number of carboxylic acid groups (broad SMARTS) is 1. The van der Waals surface area contributed by atoms with Crippen molar-refractivity contribution < 1.29 is 14.7 Å². The maximum atomic E-state index is 12.8. The summed E-state index contributed by atoms with van der Waals surface area (Å²) in [6.07, 6.45) is 0. The maximum Gasteiger partial charge on any atom is 0.339 e. The number of benzene rings is 2. The lowest BCUT2D eigenvalue weighted by atomic mass is 10.0. The Morgan fingerprint density at radius 3 is 2.45 bits per heavy atom. The number of amides is 2. The van der Waals surface area contributed by atoms with Crippen LogP contribution in [0.4, 0.5) is 9.80 Å². The van der Waals surface area contributed by atoms with Gasteiger partial charge in [-0.05, 0) is 30.2 Å². The first-order valence-corrected chi connectivity index (χ1v) is 10.4. The lowest BCUT2D eigenvalue weighted by Crippen LogP contribution is -2.34. The van der Waals surface area contributed by atoms with Gasteiger partial charge in [0, 0.05) is 24.0 Å². The molecule has 0 aliphatic carbocycles. The van der Waals surface area contributed by atoms with Crippen molar-refractivity contribution in [1.82, 2.24) is 4.90 Å². The highest BCUT2D eigenvalue weighted by atomic mass is 35.5. The summed E-state index contributed by atoms with van der Waals surface area (Å²) in [4.78, 5) is 26.3. The average molecular weight is 449 g/mol. The molecule has 0 aliphatic rings. The summed E-state index contributed by atoms with van der Waals surface area (Å²) in [7, 11) is 0. The molecular weight excluding hydrogens is 431 g/mol. The number of nitrogens with zero attached hydrogens (tertiary/aromatic N) is 1. The summed E-state index contributed by atoms with van der Waals surface area (Å²) in [6.45, 7) is 2.78. The molecule has 0 aliphatic heterocycles. The molecule has 150 valence electrons. The van der Waals surface area contributed by atoms with Gasteiger partial charge in [0.1, 0.15) is 10.6 Å². The quantitative estimate of drug-likeness (QED) is 0.453. The number of nitrogens with one attached hydrogen (secondary N) is 1. The first-order valence-electron chi connectivity index (χ1n) is 8.80. The van der Waals surface area contributed by atoms with Gasteiger partial charge in [-0.1, -0.05) is 59.6 Å². The van der Waals surface area contributed by atoms with E-state index in [1.165, 1.54) is 0 Å². The highest BCUT2D eigenvalue weighted by Gasteiger charge is 2.23. The number of halogens is 2. The standard InChI is InChI=1S/C21H18Cl2N2O3S/c1-2-25(11-13-6-4-3-5-7-13)21(28)24-19-18(20(26)27)15(12-29-19)14-8-9-16(22)17(23)10-14/h3-10,12H,2,11H2,1H3,(H,24,28)(H,26,27). The summed E-state index contributed by atoms with van der Waals surface area (Å²) >= 11 is 13.2. The average Bonchev–Trinajstić information content (AvgIpc) is 3.12. The van der Waals surface area contributed by atoms with E-state index in [1.54, 1.807) is 28.5 Å². The number of carbonyl (C=O) groups excluding carboxylic acids is 1. The fraction of sp³-hybridized carbons (Fsp3) is 0.143. The van der Waals surface area contributed by atoms with Crippen molar-refractivity contribution in [2.24, 2.45) is 0 Å². The minimum Gasteiger partial charge on any atom is -0.478 e. The third-order valence-electron chi connectivity index (χ3n) is 4.34. The van der Waals surface area contributed by atoms with Crippen LogP contribution in [0.1, 0.15) is 22.8 Å². The van der Waals surface area contributed by atoms with E-state index in [9.17, 15) is 14.7 Å². The van der Waals surface area contributed by atoms with E-state index in [-0.39, 0.29) is 16.6 Å². The molecule has 0 atom stereocenters. The van der Waals surface area contributed by atoms with Gasteiger partial charge in [-0.15, -0.1) is 11.3 Å². The molecule has 0 bridgehead atoms. The number of carboxylic acids is 1. The van der Waals surface area contributed by atoms with Gasteiger partial charge in [0.25, 0.3) is 0 Å². The SMILES string of the molecule is CCN(Cc1ccccc1)C(=O)Nc1scc(-c2ccc(Cl)c(Cl)c2)c1C(=O)O. The number of urea groups is 1. The summed E-state index contributed by atoms with van der Waals surface area (Å²) in [5, 5.41) is 15.2. The van der Waals surface area contributed by atoms with Crippen LogP contribution in [0.2, 0.25) is 10.0 Å². The van der Waals surface area contributed by atoms with Gasteiger partial charge < -0.3 is 10.0 Å². The van der Waals surface area contributed by atoms with Crippen molar-refractivity contribution in [3.63, 3.8) is 0 Å². The molecule has 0 unspecified atom stereocenters. The van der Waals surface area contributed by atoms with E-state index in [0.29, 0.717) is 34.3 Å². The smallest absolute Gasteiger partial charge is 0.339 e. The Balaban J connectivity index is 1.86.